The molecule has 0 fully saturated rings. The molecular formula is C11H8IN. The maximum atomic E-state index is 4.31. The number of aromatic nitrogens is 1. The lowest BCUT2D eigenvalue weighted by molar-refractivity contribution is 1.31. The second kappa shape index (κ2) is 3.87. The van der Waals surface area contributed by atoms with Crippen molar-refractivity contribution in [3.63, 3.8) is 0 Å². The Morgan fingerprint density at radius 2 is 1.77 bits per heavy atom. The smallest absolute Gasteiger partial charge is 0.0712 e. The Labute approximate surface area is 91.0 Å². The fourth-order valence-corrected chi connectivity index (χ4v) is 1.63. The number of benzene rings is 1. The van der Waals surface area contributed by atoms with E-state index in [0.717, 1.165) is 5.69 Å². The molecule has 0 saturated heterocycles. The van der Waals surface area contributed by atoms with E-state index in [4.69, 9.17) is 0 Å². The van der Waals surface area contributed by atoms with Crippen molar-refractivity contribution in [2.75, 3.05) is 0 Å². The van der Waals surface area contributed by atoms with Crippen molar-refractivity contribution in [2.24, 2.45) is 0 Å². The van der Waals surface area contributed by atoms with Crippen LogP contribution in [0.25, 0.3) is 11.3 Å². The molecule has 0 aliphatic heterocycles. The molecule has 0 amide bonds. The lowest BCUT2D eigenvalue weighted by Gasteiger charge is -1.99. The Kier molecular flexibility index (Phi) is 2.59. The van der Waals surface area contributed by atoms with Gasteiger partial charge in [0.1, 0.15) is 0 Å². The first-order valence-electron chi connectivity index (χ1n) is 4.03. The zero-order chi connectivity index (χ0) is 9.10. The molecule has 1 nitrogen and oxygen atoms in total. The average Bonchev–Trinajstić information content (AvgIpc) is 2.19. The minimum absolute atomic E-state index is 1.03. The Hall–Kier alpha value is -0.900. The Morgan fingerprint density at radius 3 is 2.46 bits per heavy atom. The van der Waals surface area contributed by atoms with Crippen LogP contribution in [0.5, 0.6) is 0 Å². The first-order chi connectivity index (χ1) is 6.36. The van der Waals surface area contributed by atoms with E-state index in [9.17, 15) is 0 Å². The summed E-state index contributed by atoms with van der Waals surface area (Å²) in [4.78, 5) is 4.31. The van der Waals surface area contributed by atoms with Gasteiger partial charge in [-0.25, -0.2) is 0 Å². The van der Waals surface area contributed by atoms with E-state index in [1.54, 1.807) is 0 Å². The Bertz CT molecular complexity index is 398. The van der Waals surface area contributed by atoms with Crippen LogP contribution in [0.2, 0.25) is 0 Å². The fraction of sp³-hybridized carbons (Fsp3) is 0. The van der Waals surface area contributed by atoms with Crippen LogP contribution in [0.3, 0.4) is 0 Å². The summed E-state index contributed by atoms with van der Waals surface area (Å²) in [5, 5.41) is 0. The van der Waals surface area contributed by atoms with Gasteiger partial charge in [0.05, 0.1) is 5.69 Å². The molecule has 13 heavy (non-hydrogen) atoms. The summed E-state index contributed by atoms with van der Waals surface area (Å²) in [5.74, 6) is 0. The summed E-state index contributed by atoms with van der Waals surface area (Å²) < 4.78 is 1.21. The molecule has 1 aromatic carbocycles. The van der Waals surface area contributed by atoms with Gasteiger partial charge in [-0.05, 0) is 34.7 Å². The van der Waals surface area contributed by atoms with Crippen LogP contribution in [0.1, 0.15) is 0 Å². The number of halogens is 1. The van der Waals surface area contributed by atoms with Gasteiger partial charge in [0, 0.05) is 15.3 Å². The molecule has 0 aliphatic carbocycles. The molecule has 2 aromatic rings. The van der Waals surface area contributed by atoms with Crippen molar-refractivity contribution in [1.82, 2.24) is 4.98 Å². The molecule has 0 N–H and O–H groups in total. The summed E-state index contributed by atoms with van der Waals surface area (Å²) >= 11 is 2.29. The number of hydrogen-bond acceptors (Lipinski definition) is 1. The normalized spacial score (nSPS) is 9.92. The summed E-state index contributed by atoms with van der Waals surface area (Å²) in [5.41, 5.74) is 2.20. The molecule has 64 valence electrons. The molecular weight excluding hydrogens is 273 g/mol. The van der Waals surface area contributed by atoms with E-state index in [2.05, 4.69) is 45.8 Å². The quantitative estimate of drug-likeness (QED) is 0.730. The summed E-state index contributed by atoms with van der Waals surface area (Å²) in [6, 6.07) is 14.3. The average molecular weight is 281 g/mol. The highest BCUT2D eigenvalue weighted by Gasteiger charge is 1.97. The van der Waals surface area contributed by atoms with Gasteiger partial charge in [0.2, 0.25) is 0 Å². The molecule has 0 aliphatic rings. The predicted molar refractivity (Wildman–Crippen MR) is 62.4 cm³/mol. The van der Waals surface area contributed by atoms with Crippen LogP contribution in [0.15, 0.2) is 48.7 Å². The van der Waals surface area contributed by atoms with Gasteiger partial charge in [-0.1, -0.05) is 30.3 Å². The third-order valence-corrected chi connectivity index (χ3v) is 2.46. The largest absolute Gasteiger partial charge is 0.256 e. The third-order valence-electron chi connectivity index (χ3n) is 1.79. The molecule has 0 unspecified atom stereocenters. The first kappa shape index (κ1) is 8.69. The van der Waals surface area contributed by atoms with E-state index in [1.165, 1.54) is 9.13 Å². The molecule has 1 heterocycles. The summed E-state index contributed by atoms with van der Waals surface area (Å²) in [7, 11) is 0. The van der Waals surface area contributed by atoms with Crippen LogP contribution in [-0.4, -0.2) is 4.98 Å². The molecule has 0 bridgehead atoms. The minimum Gasteiger partial charge on any atom is -0.256 e. The van der Waals surface area contributed by atoms with Crippen LogP contribution in [-0.2, 0) is 0 Å². The number of rotatable bonds is 1. The second-order valence-electron chi connectivity index (χ2n) is 2.73. The molecule has 2 heteroatoms. The Balaban J connectivity index is 2.48. The van der Waals surface area contributed by atoms with Crippen molar-refractivity contribution in [2.45, 2.75) is 0 Å². The number of hydrogen-bond donors (Lipinski definition) is 0. The van der Waals surface area contributed by atoms with Crippen molar-refractivity contribution >= 4 is 22.6 Å². The zero-order valence-corrected chi connectivity index (χ0v) is 9.10. The summed E-state index contributed by atoms with van der Waals surface area (Å²) in [6.07, 6.45) is 1.84. The van der Waals surface area contributed by atoms with E-state index >= 15 is 0 Å². The number of pyridine rings is 1. The van der Waals surface area contributed by atoms with Gasteiger partial charge in [0.25, 0.3) is 0 Å². The fourth-order valence-electron chi connectivity index (χ4n) is 1.17. The van der Waals surface area contributed by atoms with Crippen molar-refractivity contribution in [3.8, 4) is 11.3 Å². The minimum atomic E-state index is 1.03. The molecule has 1 aromatic heterocycles. The van der Waals surface area contributed by atoms with Gasteiger partial charge in [-0.15, -0.1) is 0 Å². The first-order valence-corrected chi connectivity index (χ1v) is 5.11. The predicted octanol–water partition coefficient (Wildman–Crippen LogP) is 3.35. The number of nitrogens with zero attached hydrogens (tertiary/aromatic N) is 1. The monoisotopic (exact) mass is 281 g/mol. The van der Waals surface area contributed by atoms with Crippen molar-refractivity contribution in [3.05, 3.63) is 52.2 Å². The van der Waals surface area contributed by atoms with Crippen LogP contribution in [0, 0.1) is 3.57 Å². The zero-order valence-electron chi connectivity index (χ0n) is 6.94. The van der Waals surface area contributed by atoms with Gasteiger partial charge < -0.3 is 0 Å². The topological polar surface area (TPSA) is 12.9 Å². The van der Waals surface area contributed by atoms with Gasteiger partial charge in [-0.3, -0.25) is 4.98 Å². The van der Waals surface area contributed by atoms with Crippen LogP contribution >= 0.6 is 22.6 Å². The molecule has 0 spiro atoms. The molecule has 0 atom stereocenters. The maximum Gasteiger partial charge on any atom is 0.0712 e. The lowest BCUT2D eigenvalue weighted by Crippen LogP contribution is -1.82. The van der Waals surface area contributed by atoms with Gasteiger partial charge >= 0.3 is 0 Å². The lowest BCUT2D eigenvalue weighted by atomic mass is 10.1. The molecule has 0 radical (unpaired) electrons. The standard InChI is InChI=1S/C11H8IN/c12-10-6-7-13-11(8-10)9-4-2-1-3-5-9/h1-8H. The van der Waals surface area contributed by atoms with E-state index in [-0.39, 0.29) is 0 Å². The maximum absolute atomic E-state index is 4.31. The molecule has 0 saturated carbocycles. The third kappa shape index (κ3) is 2.06. The van der Waals surface area contributed by atoms with E-state index in [0.29, 0.717) is 0 Å². The highest BCUT2D eigenvalue weighted by atomic mass is 127. The molecule has 2 rings (SSSR count). The van der Waals surface area contributed by atoms with Crippen LogP contribution < -0.4 is 0 Å². The van der Waals surface area contributed by atoms with Gasteiger partial charge in [-0.2, -0.15) is 0 Å². The van der Waals surface area contributed by atoms with Crippen molar-refractivity contribution < 1.29 is 0 Å². The SMILES string of the molecule is Ic1ccnc(-c2ccccc2)c1. The van der Waals surface area contributed by atoms with E-state index < -0.39 is 0 Å². The van der Waals surface area contributed by atoms with Crippen LogP contribution in [0.4, 0.5) is 0 Å². The second-order valence-corrected chi connectivity index (χ2v) is 3.97. The van der Waals surface area contributed by atoms with Crippen molar-refractivity contribution in [1.29, 1.82) is 0 Å². The highest BCUT2D eigenvalue weighted by molar-refractivity contribution is 14.1. The van der Waals surface area contributed by atoms with Gasteiger partial charge in [0.15, 0.2) is 0 Å². The highest BCUT2D eigenvalue weighted by Crippen LogP contribution is 2.17. The Morgan fingerprint density at radius 1 is 1.00 bits per heavy atom. The summed E-state index contributed by atoms with van der Waals surface area (Å²) in [6.45, 7) is 0. The van der Waals surface area contributed by atoms with E-state index in [1.807, 2.05) is 30.5 Å².